The van der Waals surface area contributed by atoms with E-state index in [2.05, 4.69) is 13.8 Å². The predicted octanol–water partition coefficient (Wildman–Crippen LogP) is 8.96. The molecular weight excluding hydrogens is 893 g/mol. The van der Waals surface area contributed by atoms with Crippen LogP contribution in [0.3, 0.4) is 0 Å². The lowest BCUT2D eigenvalue weighted by atomic mass is 9.49. The first-order chi connectivity index (χ1) is 31.7. The Balaban J connectivity index is 0.000000156. The van der Waals surface area contributed by atoms with Crippen molar-refractivity contribution < 1.29 is 65.4 Å². The van der Waals surface area contributed by atoms with E-state index >= 15 is 0 Å². The first-order valence-corrected chi connectivity index (χ1v) is 27.8. The summed E-state index contributed by atoms with van der Waals surface area (Å²) >= 11 is 0. The lowest BCUT2D eigenvalue weighted by Crippen LogP contribution is -2.61. The maximum Gasteiger partial charge on any atom is 0.312 e. The van der Waals surface area contributed by atoms with Crippen molar-refractivity contribution in [2.75, 3.05) is 13.2 Å². The molecule has 10 saturated carbocycles. The van der Waals surface area contributed by atoms with E-state index < -0.39 is 55.9 Å². The number of rotatable bonds is 16. The van der Waals surface area contributed by atoms with Gasteiger partial charge in [-0.15, -0.1) is 0 Å². The molecule has 10 aliphatic carbocycles. The molecule has 11 aliphatic rings. The molecule has 7 unspecified atom stereocenters. The second kappa shape index (κ2) is 19.7. The van der Waals surface area contributed by atoms with Crippen LogP contribution in [-0.4, -0.2) is 90.8 Å². The second-order valence-corrected chi connectivity index (χ2v) is 26.6. The van der Waals surface area contributed by atoms with Crippen LogP contribution in [0.1, 0.15) is 191 Å². The summed E-state index contributed by atoms with van der Waals surface area (Å²) in [5.41, 5.74) is -2.38. The number of hydrogen-bond donors (Lipinski definition) is 1. The molecule has 10 bridgehead atoms. The summed E-state index contributed by atoms with van der Waals surface area (Å²) < 4.78 is 56.7. The average molecular weight is 977 g/mol. The van der Waals surface area contributed by atoms with E-state index in [1.54, 1.807) is 13.8 Å². The van der Waals surface area contributed by atoms with Gasteiger partial charge in [-0.3, -0.25) is 28.2 Å². The monoisotopic (exact) mass is 977 g/mol. The van der Waals surface area contributed by atoms with Crippen molar-refractivity contribution in [3.05, 3.63) is 0 Å². The number of esters is 5. The number of hydrogen-bond acceptors (Lipinski definition) is 14. The number of ether oxygens (including phenoxy) is 5. The van der Waals surface area contributed by atoms with E-state index in [0.717, 1.165) is 56.8 Å². The highest BCUT2D eigenvalue weighted by Crippen LogP contribution is 2.62. The van der Waals surface area contributed by atoms with Gasteiger partial charge in [-0.25, -0.2) is 0 Å². The van der Waals surface area contributed by atoms with Gasteiger partial charge in [0.2, 0.25) is 0 Å². The van der Waals surface area contributed by atoms with Crippen LogP contribution in [0.4, 0.5) is 0 Å². The van der Waals surface area contributed by atoms with Crippen molar-refractivity contribution in [2.24, 2.45) is 63.6 Å². The zero-order chi connectivity index (χ0) is 49.8. The highest BCUT2D eigenvalue weighted by Gasteiger charge is 2.66. The molecule has 11 rings (SSSR count). The summed E-state index contributed by atoms with van der Waals surface area (Å²) in [6.07, 6.45) is 15.3. The zero-order valence-corrected chi connectivity index (χ0v) is 43.7. The molecule has 1 saturated heterocycles. The van der Waals surface area contributed by atoms with Crippen molar-refractivity contribution in [3.8, 4) is 0 Å². The molecule has 0 aromatic rings. The third-order valence-electron chi connectivity index (χ3n) is 18.7. The van der Waals surface area contributed by atoms with Crippen LogP contribution >= 0.6 is 0 Å². The Kier molecular flexibility index (Phi) is 15.3. The lowest BCUT2D eigenvalue weighted by Gasteiger charge is -2.60. The van der Waals surface area contributed by atoms with E-state index in [0.29, 0.717) is 49.4 Å². The summed E-state index contributed by atoms with van der Waals surface area (Å²) in [4.78, 5) is 60.6. The summed E-state index contributed by atoms with van der Waals surface area (Å²) in [5, 5.41) is 10.2. The summed E-state index contributed by atoms with van der Waals surface area (Å²) in [7, 11) is -3.56. The van der Waals surface area contributed by atoms with Crippen LogP contribution in [0.15, 0.2) is 0 Å². The second-order valence-electron chi connectivity index (χ2n) is 24.8. The SMILES string of the molecule is CCC(C)(C)C(=O)OC1(CC)C2CC3CC(C2)CC1C3.CCC(C)(C)C(=O)OC12CC3CC(CC(O)(C3)C1)C2.CCC(C)(C)C(=O)OCCOC(=O)CCC(=O)OC1C2CC3C1OS(=O)(=O)C3C2. The average Bonchev–Trinajstić information content (AvgIpc) is 3.89. The third kappa shape index (κ3) is 10.8. The number of fused-ring (bicyclic) bond motifs is 1. The molecule has 0 aromatic heterocycles. The van der Waals surface area contributed by atoms with Gasteiger partial charge in [0.1, 0.15) is 36.6 Å². The minimum Gasteiger partial charge on any atom is -0.462 e. The van der Waals surface area contributed by atoms with Crippen molar-refractivity contribution in [1.82, 2.24) is 0 Å². The third-order valence-corrected chi connectivity index (χ3v) is 20.5. The van der Waals surface area contributed by atoms with Crippen molar-refractivity contribution >= 4 is 40.0 Å². The maximum absolute atomic E-state index is 12.6. The summed E-state index contributed by atoms with van der Waals surface area (Å²) in [6, 6.07) is 0. The predicted molar refractivity (Wildman–Crippen MR) is 252 cm³/mol. The summed E-state index contributed by atoms with van der Waals surface area (Å²) in [5.74, 6) is 2.55. The number of carbonyl (C=O) groups is 5. The van der Waals surface area contributed by atoms with Crippen molar-refractivity contribution in [1.29, 1.82) is 0 Å². The number of aliphatic hydroxyl groups is 1. The maximum atomic E-state index is 12.6. The minimum atomic E-state index is -3.56. The van der Waals surface area contributed by atoms with E-state index in [1.807, 2.05) is 41.5 Å². The Hall–Kier alpha value is -2.78. The quantitative estimate of drug-likeness (QED) is 0.0666. The normalized spacial score (nSPS) is 38.4. The van der Waals surface area contributed by atoms with Gasteiger partial charge in [-0.2, -0.15) is 8.42 Å². The van der Waals surface area contributed by atoms with Crippen molar-refractivity contribution in [3.63, 3.8) is 0 Å². The molecule has 0 radical (unpaired) electrons. The van der Waals surface area contributed by atoms with Gasteiger partial charge >= 0.3 is 29.8 Å². The van der Waals surface area contributed by atoms with Gasteiger partial charge in [0.25, 0.3) is 10.1 Å². The Bertz CT molecular complexity index is 1960. The topological polar surface area (TPSA) is 195 Å². The van der Waals surface area contributed by atoms with E-state index in [9.17, 15) is 37.5 Å². The molecule has 0 amide bonds. The molecular formula is C53H84O14S. The molecule has 386 valence electrons. The highest BCUT2D eigenvalue weighted by atomic mass is 32.2. The smallest absolute Gasteiger partial charge is 0.312 e. The molecule has 0 aromatic carbocycles. The molecule has 1 heterocycles. The molecule has 68 heavy (non-hydrogen) atoms. The molecule has 11 fully saturated rings. The molecule has 15 heteroatoms. The van der Waals surface area contributed by atoms with Crippen LogP contribution in [0.5, 0.6) is 0 Å². The Morgan fingerprint density at radius 2 is 1.12 bits per heavy atom. The standard InChI is InChI=1S/C19H28O9S.C18H30O2.C16H26O3/c1-4-19(2,3)18(22)26-8-7-25-14(20)5-6-15(21)27-16-11-9-12-13(10-11)29(23,24)28-17(12)16;1-5-17(3,4)16(19)20-18(6-2)14-8-12-7-13(10-14)11-15(18)9-12;1-4-14(2,3)13(17)19-16-8-11-5-12(9-16)7-15(18,6-11)10-16/h11-13,16-17H,4-10H2,1-3H3;12-15H,5-11H2,1-4H3;11-12,18H,4-10H2,1-3H3. The Labute approximate surface area is 406 Å². The minimum absolute atomic E-state index is 0.00904. The molecule has 0 spiro atoms. The van der Waals surface area contributed by atoms with Gasteiger partial charge < -0.3 is 28.8 Å². The largest absolute Gasteiger partial charge is 0.462 e. The molecule has 14 nitrogen and oxygen atoms in total. The van der Waals surface area contributed by atoms with Gasteiger partial charge in [-0.1, -0.05) is 27.7 Å². The fraction of sp³-hybridized carbons (Fsp3) is 0.906. The first-order valence-electron chi connectivity index (χ1n) is 26.4. The number of carbonyl (C=O) groups excluding carboxylic acids is 5. The molecule has 7 atom stereocenters. The van der Waals surface area contributed by atoms with Gasteiger partial charge in [-0.05, 0) is 180 Å². The van der Waals surface area contributed by atoms with Gasteiger partial charge in [0.15, 0.2) is 0 Å². The molecule has 1 aliphatic heterocycles. The van der Waals surface area contributed by atoms with Crippen molar-refractivity contribution in [2.45, 2.75) is 225 Å². The van der Waals surface area contributed by atoms with E-state index in [4.69, 9.17) is 27.9 Å². The lowest BCUT2D eigenvalue weighted by molar-refractivity contribution is -0.225. The van der Waals surface area contributed by atoms with E-state index in [1.165, 1.54) is 38.5 Å². The highest BCUT2D eigenvalue weighted by molar-refractivity contribution is 7.87. The fourth-order valence-corrected chi connectivity index (χ4v) is 16.0. The van der Waals surface area contributed by atoms with Crippen LogP contribution in [-0.2, 0) is 62.0 Å². The first kappa shape index (κ1) is 53.0. The van der Waals surface area contributed by atoms with Crippen LogP contribution in [0.2, 0.25) is 0 Å². The zero-order valence-electron chi connectivity index (χ0n) is 42.9. The van der Waals surface area contributed by atoms with E-state index in [-0.39, 0.29) is 72.4 Å². The van der Waals surface area contributed by atoms with Crippen LogP contribution in [0.25, 0.3) is 0 Å². The summed E-state index contributed by atoms with van der Waals surface area (Å²) in [6.45, 7) is 19.6. The Morgan fingerprint density at radius 1 is 0.618 bits per heavy atom. The Morgan fingerprint density at radius 3 is 1.65 bits per heavy atom. The molecule has 1 N–H and O–H groups in total. The van der Waals surface area contributed by atoms with Crippen LogP contribution in [0, 0.1) is 63.6 Å². The van der Waals surface area contributed by atoms with Gasteiger partial charge in [0, 0.05) is 18.3 Å². The van der Waals surface area contributed by atoms with Gasteiger partial charge in [0.05, 0.1) is 39.9 Å². The van der Waals surface area contributed by atoms with Crippen LogP contribution < -0.4 is 0 Å². The fourth-order valence-electron chi connectivity index (χ4n) is 14.1.